The molecule has 1 aromatic rings. The Morgan fingerprint density at radius 2 is 2.00 bits per heavy atom. The lowest BCUT2D eigenvalue weighted by atomic mass is 9.86. The highest BCUT2D eigenvalue weighted by Crippen LogP contribution is 2.28. The van der Waals surface area contributed by atoms with Crippen molar-refractivity contribution in [3.05, 3.63) is 35.1 Å². The third-order valence-electron chi connectivity index (χ3n) is 2.19. The largest absolute Gasteiger partial charge is 0.207 e. The SMILES string of the molecule is Cc1ccc(F)c(C(C)(C)CBr)c1. The first-order valence-corrected chi connectivity index (χ1v) is 5.42. The van der Waals surface area contributed by atoms with Crippen LogP contribution in [0.5, 0.6) is 0 Å². The highest BCUT2D eigenvalue weighted by atomic mass is 79.9. The molecule has 0 heterocycles. The molecule has 0 fully saturated rings. The first-order valence-electron chi connectivity index (χ1n) is 4.30. The van der Waals surface area contributed by atoms with Gasteiger partial charge in [-0.25, -0.2) is 4.39 Å². The summed E-state index contributed by atoms with van der Waals surface area (Å²) in [6.07, 6.45) is 0. The van der Waals surface area contributed by atoms with Gasteiger partial charge in [-0.1, -0.05) is 47.5 Å². The summed E-state index contributed by atoms with van der Waals surface area (Å²) in [5.74, 6) is -0.116. The van der Waals surface area contributed by atoms with Crippen molar-refractivity contribution in [2.24, 2.45) is 0 Å². The summed E-state index contributed by atoms with van der Waals surface area (Å²) in [5.41, 5.74) is 1.74. The number of halogens is 2. The number of alkyl halides is 1. The standard InChI is InChI=1S/C11H14BrF/c1-8-4-5-10(13)9(6-8)11(2,3)7-12/h4-6H,7H2,1-3H3. The van der Waals surface area contributed by atoms with Gasteiger partial charge in [0.05, 0.1) is 0 Å². The molecule has 0 radical (unpaired) electrons. The molecule has 0 bridgehead atoms. The lowest BCUT2D eigenvalue weighted by Crippen LogP contribution is -2.20. The Hall–Kier alpha value is -0.370. The first kappa shape index (κ1) is 10.7. The lowest BCUT2D eigenvalue weighted by molar-refractivity contribution is 0.531. The number of hydrogen-bond donors (Lipinski definition) is 0. The van der Waals surface area contributed by atoms with Gasteiger partial charge in [-0.05, 0) is 18.6 Å². The highest BCUT2D eigenvalue weighted by molar-refractivity contribution is 9.09. The molecule has 72 valence electrons. The summed E-state index contributed by atoms with van der Waals surface area (Å²) >= 11 is 3.40. The molecule has 1 aromatic carbocycles. The molecule has 0 amide bonds. The number of hydrogen-bond acceptors (Lipinski definition) is 0. The topological polar surface area (TPSA) is 0 Å². The van der Waals surface area contributed by atoms with Gasteiger partial charge in [0.15, 0.2) is 0 Å². The fraction of sp³-hybridized carbons (Fsp3) is 0.455. The van der Waals surface area contributed by atoms with Crippen LogP contribution in [0.25, 0.3) is 0 Å². The van der Waals surface area contributed by atoms with Gasteiger partial charge in [-0.2, -0.15) is 0 Å². The predicted octanol–water partition coefficient (Wildman–Crippen LogP) is 3.81. The van der Waals surface area contributed by atoms with Crippen molar-refractivity contribution >= 4 is 15.9 Å². The maximum atomic E-state index is 13.4. The number of benzene rings is 1. The molecule has 0 saturated heterocycles. The molecule has 0 N–H and O–H groups in total. The van der Waals surface area contributed by atoms with E-state index in [1.165, 1.54) is 6.07 Å². The van der Waals surface area contributed by atoms with Crippen LogP contribution in [-0.4, -0.2) is 5.33 Å². The van der Waals surface area contributed by atoms with Crippen molar-refractivity contribution in [2.45, 2.75) is 26.2 Å². The Labute approximate surface area is 87.3 Å². The third kappa shape index (κ3) is 2.31. The second kappa shape index (κ2) is 3.79. The Kier molecular flexibility index (Phi) is 3.12. The minimum absolute atomic E-state index is 0.116. The minimum Gasteiger partial charge on any atom is -0.207 e. The van der Waals surface area contributed by atoms with E-state index in [1.54, 1.807) is 6.07 Å². The lowest BCUT2D eigenvalue weighted by Gasteiger charge is -2.23. The Morgan fingerprint density at radius 3 is 2.54 bits per heavy atom. The van der Waals surface area contributed by atoms with Gasteiger partial charge in [0.1, 0.15) is 5.82 Å². The van der Waals surface area contributed by atoms with Crippen LogP contribution >= 0.6 is 15.9 Å². The molecule has 0 aromatic heterocycles. The fourth-order valence-corrected chi connectivity index (χ4v) is 1.53. The monoisotopic (exact) mass is 244 g/mol. The van der Waals surface area contributed by atoms with Crippen LogP contribution in [0.4, 0.5) is 4.39 Å². The van der Waals surface area contributed by atoms with E-state index in [-0.39, 0.29) is 11.2 Å². The first-order chi connectivity index (χ1) is 5.97. The fourth-order valence-electron chi connectivity index (χ4n) is 1.23. The molecule has 0 aliphatic heterocycles. The summed E-state index contributed by atoms with van der Waals surface area (Å²) in [7, 11) is 0. The van der Waals surface area contributed by atoms with Crippen molar-refractivity contribution in [3.63, 3.8) is 0 Å². The van der Waals surface area contributed by atoms with Crippen molar-refractivity contribution in [3.8, 4) is 0 Å². The zero-order valence-corrected chi connectivity index (χ0v) is 9.78. The molecule has 13 heavy (non-hydrogen) atoms. The number of rotatable bonds is 2. The van der Waals surface area contributed by atoms with E-state index in [1.807, 2.05) is 26.8 Å². The molecular weight excluding hydrogens is 231 g/mol. The van der Waals surface area contributed by atoms with E-state index in [4.69, 9.17) is 0 Å². The molecule has 0 saturated carbocycles. The average Bonchev–Trinajstić information content (AvgIpc) is 2.09. The Bertz CT molecular complexity index is 305. The molecule has 0 nitrogen and oxygen atoms in total. The predicted molar refractivity (Wildman–Crippen MR) is 58.0 cm³/mol. The van der Waals surface area contributed by atoms with Crippen LogP contribution in [0, 0.1) is 12.7 Å². The highest BCUT2D eigenvalue weighted by Gasteiger charge is 2.22. The molecule has 0 aliphatic carbocycles. The number of aryl methyl sites for hydroxylation is 1. The maximum Gasteiger partial charge on any atom is 0.126 e. The normalized spacial score (nSPS) is 11.8. The second-order valence-electron chi connectivity index (χ2n) is 4.00. The van der Waals surface area contributed by atoms with E-state index in [0.717, 1.165) is 16.5 Å². The molecule has 2 heteroatoms. The van der Waals surface area contributed by atoms with Crippen LogP contribution in [0.15, 0.2) is 18.2 Å². The van der Waals surface area contributed by atoms with Gasteiger partial charge < -0.3 is 0 Å². The summed E-state index contributed by atoms with van der Waals surface area (Å²) in [6.45, 7) is 6.03. The zero-order chi connectivity index (χ0) is 10.1. The average molecular weight is 245 g/mol. The summed E-state index contributed by atoms with van der Waals surface area (Å²) in [5, 5.41) is 0.764. The van der Waals surface area contributed by atoms with Crippen LogP contribution in [-0.2, 0) is 5.41 Å². The second-order valence-corrected chi connectivity index (χ2v) is 4.56. The summed E-state index contributed by atoms with van der Waals surface area (Å²) in [6, 6.07) is 5.24. The van der Waals surface area contributed by atoms with Crippen LogP contribution in [0.2, 0.25) is 0 Å². The molecule has 0 spiro atoms. The van der Waals surface area contributed by atoms with Gasteiger partial charge in [0.2, 0.25) is 0 Å². The van der Waals surface area contributed by atoms with E-state index < -0.39 is 0 Å². The third-order valence-corrected chi connectivity index (χ3v) is 3.59. The minimum atomic E-state index is -0.143. The van der Waals surface area contributed by atoms with Crippen molar-refractivity contribution in [1.29, 1.82) is 0 Å². The molecule has 0 atom stereocenters. The molecule has 0 unspecified atom stereocenters. The van der Waals surface area contributed by atoms with Crippen molar-refractivity contribution < 1.29 is 4.39 Å². The van der Waals surface area contributed by atoms with Crippen LogP contribution in [0.1, 0.15) is 25.0 Å². The molecular formula is C11H14BrF. The zero-order valence-electron chi connectivity index (χ0n) is 8.20. The van der Waals surface area contributed by atoms with E-state index in [0.29, 0.717) is 0 Å². The smallest absolute Gasteiger partial charge is 0.126 e. The van der Waals surface area contributed by atoms with Crippen LogP contribution in [0.3, 0.4) is 0 Å². The molecule has 0 aliphatic rings. The van der Waals surface area contributed by atoms with Gasteiger partial charge in [0.25, 0.3) is 0 Å². The van der Waals surface area contributed by atoms with Gasteiger partial charge in [0, 0.05) is 10.7 Å². The maximum absolute atomic E-state index is 13.4. The van der Waals surface area contributed by atoms with E-state index >= 15 is 0 Å². The van der Waals surface area contributed by atoms with Crippen LogP contribution < -0.4 is 0 Å². The van der Waals surface area contributed by atoms with Gasteiger partial charge in [-0.3, -0.25) is 0 Å². The Morgan fingerprint density at radius 1 is 1.38 bits per heavy atom. The van der Waals surface area contributed by atoms with Crippen molar-refractivity contribution in [2.75, 3.05) is 5.33 Å². The Balaban J connectivity index is 3.20. The van der Waals surface area contributed by atoms with E-state index in [2.05, 4.69) is 15.9 Å². The summed E-state index contributed by atoms with van der Waals surface area (Å²) in [4.78, 5) is 0. The molecule has 1 rings (SSSR count). The van der Waals surface area contributed by atoms with Gasteiger partial charge in [-0.15, -0.1) is 0 Å². The quantitative estimate of drug-likeness (QED) is 0.695. The van der Waals surface area contributed by atoms with E-state index in [9.17, 15) is 4.39 Å². The van der Waals surface area contributed by atoms with Gasteiger partial charge >= 0.3 is 0 Å². The van der Waals surface area contributed by atoms with Crippen molar-refractivity contribution in [1.82, 2.24) is 0 Å². The summed E-state index contributed by atoms with van der Waals surface area (Å²) < 4.78 is 13.4.